The Morgan fingerprint density at radius 3 is 2.53 bits per heavy atom. The molecule has 0 atom stereocenters. The number of benzene rings is 1. The third-order valence-corrected chi connectivity index (χ3v) is 3.23. The molecule has 1 N–H and O–H groups in total. The molecule has 5 heteroatoms. The number of amides is 1. The molecule has 0 saturated carbocycles. The van der Waals surface area contributed by atoms with E-state index in [-0.39, 0.29) is 5.24 Å². The molecule has 0 unspecified atom stereocenters. The normalized spacial score (nSPS) is 10.1. The number of nitrogens with one attached hydrogen (secondary N) is 1. The van der Waals surface area contributed by atoms with Crippen LogP contribution in [0, 0.1) is 0 Å². The molecule has 0 radical (unpaired) electrons. The molecule has 0 bridgehead atoms. The van der Waals surface area contributed by atoms with Gasteiger partial charge in [-0.25, -0.2) is 0 Å². The minimum absolute atomic E-state index is 0.133. The van der Waals surface area contributed by atoms with Gasteiger partial charge >= 0.3 is 0 Å². The van der Waals surface area contributed by atoms with Crippen LogP contribution >= 0.6 is 35.0 Å². The van der Waals surface area contributed by atoms with E-state index in [0.29, 0.717) is 15.7 Å². The van der Waals surface area contributed by atoms with Crippen LogP contribution in [0.15, 0.2) is 18.2 Å². The molecular formula is C10H11Cl2NOS. The number of para-hydroxylation sites is 1. The molecule has 0 spiro atoms. The highest BCUT2D eigenvalue weighted by atomic mass is 35.5. The highest BCUT2D eigenvalue weighted by Crippen LogP contribution is 2.30. The van der Waals surface area contributed by atoms with Crippen molar-refractivity contribution in [2.24, 2.45) is 0 Å². The molecule has 82 valence electrons. The van der Waals surface area contributed by atoms with Crippen molar-refractivity contribution in [2.45, 2.75) is 13.3 Å². The first-order chi connectivity index (χ1) is 7.15. The van der Waals surface area contributed by atoms with Gasteiger partial charge in [-0.05, 0) is 18.6 Å². The number of halogens is 2. The van der Waals surface area contributed by atoms with Crippen LogP contribution in [0.5, 0.6) is 0 Å². The van der Waals surface area contributed by atoms with Gasteiger partial charge in [-0.1, -0.05) is 48.0 Å². The lowest BCUT2D eigenvalue weighted by Gasteiger charge is -2.07. The van der Waals surface area contributed by atoms with Gasteiger partial charge in [-0.2, -0.15) is 0 Å². The van der Waals surface area contributed by atoms with E-state index in [1.807, 2.05) is 6.92 Å². The number of rotatable bonds is 3. The van der Waals surface area contributed by atoms with E-state index in [1.54, 1.807) is 18.2 Å². The third kappa shape index (κ3) is 3.93. The van der Waals surface area contributed by atoms with E-state index in [4.69, 9.17) is 23.2 Å². The smallest absolute Gasteiger partial charge is 0.283 e. The molecule has 0 aliphatic heterocycles. The Morgan fingerprint density at radius 2 is 2.00 bits per heavy atom. The highest BCUT2D eigenvalue weighted by molar-refractivity contribution is 8.13. The van der Waals surface area contributed by atoms with Crippen LogP contribution in [0.2, 0.25) is 10.0 Å². The lowest BCUT2D eigenvalue weighted by atomic mass is 10.3. The maximum absolute atomic E-state index is 11.4. The average Bonchev–Trinajstić information content (AvgIpc) is 2.21. The zero-order chi connectivity index (χ0) is 11.3. The first-order valence-corrected chi connectivity index (χ1v) is 6.27. The highest BCUT2D eigenvalue weighted by Gasteiger charge is 2.08. The summed E-state index contributed by atoms with van der Waals surface area (Å²) in [6.07, 6.45) is 0.953. The van der Waals surface area contributed by atoms with Crippen LogP contribution in [0.3, 0.4) is 0 Å². The summed E-state index contributed by atoms with van der Waals surface area (Å²) in [5.74, 6) is 0.786. The zero-order valence-corrected chi connectivity index (χ0v) is 10.5. The Hall–Kier alpha value is -0.380. The maximum atomic E-state index is 11.4. The van der Waals surface area contributed by atoms with Gasteiger partial charge in [0.2, 0.25) is 0 Å². The van der Waals surface area contributed by atoms with Crippen molar-refractivity contribution < 1.29 is 4.79 Å². The second-order valence-corrected chi connectivity index (χ2v) is 4.74. The molecule has 0 aromatic heterocycles. The van der Waals surface area contributed by atoms with Crippen molar-refractivity contribution >= 4 is 45.9 Å². The van der Waals surface area contributed by atoms with E-state index < -0.39 is 0 Å². The third-order valence-electron chi connectivity index (χ3n) is 1.63. The van der Waals surface area contributed by atoms with Gasteiger partial charge in [-0.15, -0.1) is 0 Å². The van der Waals surface area contributed by atoms with E-state index in [0.717, 1.165) is 12.2 Å². The summed E-state index contributed by atoms with van der Waals surface area (Å²) in [6.45, 7) is 2.02. The molecule has 1 amide bonds. The molecule has 1 rings (SSSR count). The Labute approximate surface area is 103 Å². The van der Waals surface area contributed by atoms with Crippen molar-refractivity contribution in [1.82, 2.24) is 0 Å². The van der Waals surface area contributed by atoms with Gasteiger partial charge in [0.15, 0.2) is 0 Å². The van der Waals surface area contributed by atoms with Gasteiger partial charge in [0.1, 0.15) is 0 Å². The molecule has 0 aliphatic carbocycles. The van der Waals surface area contributed by atoms with Crippen LogP contribution < -0.4 is 5.32 Å². The van der Waals surface area contributed by atoms with Crippen molar-refractivity contribution in [3.8, 4) is 0 Å². The molecule has 2 nitrogen and oxygen atoms in total. The van der Waals surface area contributed by atoms with Gasteiger partial charge in [0.25, 0.3) is 5.24 Å². The van der Waals surface area contributed by atoms with Gasteiger partial charge in [0, 0.05) is 5.75 Å². The molecule has 1 aromatic rings. The average molecular weight is 264 g/mol. The number of carbonyl (C=O) groups excluding carboxylic acids is 1. The number of hydrogen-bond donors (Lipinski definition) is 1. The number of carbonyl (C=O) groups is 1. The number of anilines is 1. The monoisotopic (exact) mass is 263 g/mol. The predicted molar refractivity (Wildman–Crippen MR) is 68.2 cm³/mol. The fraction of sp³-hybridized carbons (Fsp3) is 0.300. The largest absolute Gasteiger partial charge is 0.314 e. The van der Waals surface area contributed by atoms with E-state index in [1.165, 1.54) is 11.8 Å². The Bertz CT molecular complexity index is 337. The Balaban J connectivity index is 2.68. The van der Waals surface area contributed by atoms with Gasteiger partial charge < -0.3 is 5.32 Å². The summed E-state index contributed by atoms with van der Waals surface area (Å²) in [5, 5.41) is 3.44. The number of hydrogen-bond acceptors (Lipinski definition) is 2. The molecule has 0 heterocycles. The second kappa shape index (κ2) is 6.26. The minimum atomic E-state index is -0.133. The topological polar surface area (TPSA) is 29.1 Å². The summed E-state index contributed by atoms with van der Waals surface area (Å²) in [4.78, 5) is 11.4. The van der Waals surface area contributed by atoms with Crippen LogP contribution in [0.25, 0.3) is 0 Å². The van der Waals surface area contributed by atoms with Crippen molar-refractivity contribution in [2.75, 3.05) is 11.1 Å². The summed E-state index contributed by atoms with van der Waals surface area (Å²) in [6, 6.07) is 5.11. The van der Waals surface area contributed by atoms with Crippen LogP contribution in [0.4, 0.5) is 10.5 Å². The molecule has 0 saturated heterocycles. The summed E-state index contributed by atoms with van der Waals surface area (Å²) < 4.78 is 0. The molecule has 15 heavy (non-hydrogen) atoms. The Morgan fingerprint density at radius 1 is 1.40 bits per heavy atom. The van der Waals surface area contributed by atoms with E-state index >= 15 is 0 Å². The summed E-state index contributed by atoms with van der Waals surface area (Å²) in [5.41, 5.74) is 0.481. The molecule has 0 fully saturated rings. The number of thioether (sulfide) groups is 1. The van der Waals surface area contributed by atoms with Crippen LogP contribution in [-0.2, 0) is 0 Å². The van der Waals surface area contributed by atoms with E-state index in [2.05, 4.69) is 5.32 Å². The SMILES string of the molecule is CCCSC(=O)Nc1c(Cl)cccc1Cl. The van der Waals surface area contributed by atoms with Crippen LogP contribution in [0.1, 0.15) is 13.3 Å². The summed E-state index contributed by atoms with van der Waals surface area (Å²) >= 11 is 13.0. The van der Waals surface area contributed by atoms with Crippen LogP contribution in [-0.4, -0.2) is 11.0 Å². The Kier molecular flexibility index (Phi) is 5.29. The minimum Gasteiger partial charge on any atom is -0.314 e. The molecule has 0 aliphatic rings. The maximum Gasteiger partial charge on any atom is 0.283 e. The zero-order valence-electron chi connectivity index (χ0n) is 8.22. The van der Waals surface area contributed by atoms with Gasteiger partial charge in [-0.3, -0.25) is 4.79 Å². The van der Waals surface area contributed by atoms with Crippen molar-refractivity contribution in [1.29, 1.82) is 0 Å². The first-order valence-electron chi connectivity index (χ1n) is 4.53. The molecule has 1 aromatic carbocycles. The summed E-state index contributed by atoms with van der Waals surface area (Å²) in [7, 11) is 0. The standard InChI is InChI=1S/C10H11Cl2NOS/c1-2-6-15-10(14)13-9-7(11)4-3-5-8(9)12/h3-5H,2,6H2,1H3,(H,13,14). The lowest BCUT2D eigenvalue weighted by molar-refractivity contribution is 0.270. The fourth-order valence-electron chi connectivity index (χ4n) is 0.950. The lowest BCUT2D eigenvalue weighted by Crippen LogP contribution is -2.06. The second-order valence-electron chi connectivity index (χ2n) is 2.86. The predicted octanol–water partition coefficient (Wildman–Crippen LogP) is 4.67. The quantitative estimate of drug-likeness (QED) is 0.859. The van der Waals surface area contributed by atoms with Gasteiger partial charge in [0.05, 0.1) is 15.7 Å². The van der Waals surface area contributed by atoms with Crippen molar-refractivity contribution in [3.05, 3.63) is 28.2 Å². The fourth-order valence-corrected chi connectivity index (χ4v) is 2.01. The first kappa shape index (κ1) is 12.7. The van der Waals surface area contributed by atoms with E-state index in [9.17, 15) is 4.79 Å². The molecular weight excluding hydrogens is 253 g/mol. The van der Waals surface area contributed by atoms with Crippen molar-refractivity contribution in [3.63, 3.8) is 0 Å².